The third-order valence-electron chi connectivity index (χ3n) is 4.09. The Morgan fingerprint density at radius 3 is 1.32 bits per heavy atom. The molecular formula is C20H14O2. The van der Waals surface area contributed by atoms with E-state index in [1.165, 1.54) is 0 Å². The van der Waals surface area contributed by atoms with Crippen LogP contribution in [-0.4, -0.2) is 10.2 Å². The Morgan fingerprint density at radius 2 is 0.864 bits per heavy atom. The molecule has 22 heavy (non-hydrogen) atoms. The molecule has 2 nitrogen and oxygen atoms in total. The van der Waals surface area contributed by atoms with E-state index in [0.29, 0.717) is 11.1 Å². The van der Waals surface area contributed by atoms with Gasteiger partial charge in [0.2, 0.25) is 0 Å². The molecule has 4 aromatic rings. The standard InChI is InChI=1S/C20H14O2/c21-19-15-7-3-1-5-13(15)9-11-17(19)18-12-10-14-6-2-4-8-16(14)20(18)22/h1-12,21-22H. The zero-order valence-electron chi connectivity index (χ0n) is 11.8. The summed E-state index contributed by atoms with van der Waals surface area (Å²) in [7, 11) is 0. The molecule has 0 spiro atoms. The van der Waals surface area contributed by atoms with Gasteiger partial charge >= 0.3 is 0 Å². The molecule has 4 rings (SSSR count). The molecule has 0 heterocycles. The topological polar surface area (TPSA) is 40.5 Å². The summed E-state index contributed by atoms with van der Waals surface area (Å²) in [5.41, 5.74) is 1.28. The van der Waals surface area contributed by atoms with Crippen LogP contribution in [0.15, 0.2) is 72.8 Å². The van der Waals surface area contributed by atoms with Crippen molar-refractivity contribution in [3.05, 3.63) is 72.8 Å². The van der Waals surface area contributed by atoms with E-state index >= 15 is 0 Å². The maximum Gasteiger partial charge on any atom is 0.131 e. The second-order valence-corrected chi connectivity index (χ2v) is 5.37. The van der Waals surface area contributed by atoms with Crippen molar-refractivity contribution >= 4 is 21.5 Å². The number of aromatic hydroxyl groups is 2. The molecule has 0 aromatic heterocycles. The highest BCUT2D eigenvalue weighted by atomic mass is 16.3. The lowest BCUT2D eigenvalue weighted by atomic mass is 9.96. The first kappa shape index (κ1) is 12.7. The monoisotopic (exact) mass is 286 g/mol. The van der Waals surface area contributed by atoms with Crippen molar-refractivity contribution in [2.24, 2.45) is 0 Å². The average Bonchev–Trinajstić information content (AvgIpc) is 2.57. The van der Waals surface area contributed by atoms with Crippen molar-refractivity contribution in [2.75, 3.05) is 0 Å². The summed E-state index contributed by atoms with van der Waals surface area (Å²) >= 11 is 0. The average molecular weight is 286 g/mol. The SMILES string of the molecule is Oc1c(-c2ccc3ccccc3c2O)ccc2ccccc12. The van der Waals surface area contributed by atoms with Gasteiger partial charge in [0.25, 0.3) is 0 Å². The van der Waals surface area contributed by atoms with Gasteiger partial charge in [-0.25, -0.2) is 0 Å². The lowest BCUT2D eigenvalue weighted by molar-refractivity contribution is 0.475. The van der Waals surface area contributed by atoms with Crippen molar-refractivity contribution in [1.82, 2.24) is 0 Å². The van der Waals surface area contributed by atoms with Crippen LogP contribution in [0.1, 0.15) is 0 Å². The van der Waals surface area contributed by atoms with Crippen LogP contribution >= 0.6 is 0 Å². The summed E-state index contributed by atoms with van der Waals surface area (Å²) in [5, 5.41) is 24.7. The summed E-state index contributed by atoms with van der Waals surface area (Å²) in [6, 6.07) is 23.0. The quantitative estimate of drug-likeness (QED) is 0.513. The summed E-state index contributed by atoms with van der Waals surface area (Å²) in [6.45, 7) is 0. The second kappa shape index (κ2) is 4.78. The fourth-order valence-electron chi connectivity index (χ4n) is 2.94. The van der Waals surface area contributed by atoms with Crippen molar-refractivity contribution in [3.8, 4) is 22.6 Å². The third kappa shape index (κ3) is 1.81. The Hall–Kier alpha value is -3.00. The van der Waals surface area contributed by atoms with Crippen molar-refractivity contribution in [2.45, 2.75) is 0 Å². The lowest BCUT2D eigenvalue weighted by Gasteiger charge is -2.11. The van der Waals surface area contributed by atoms with Crippen molar-refractivity contribution < 1.29 is 10.2 Å². The summed E-state index contributed by atoms with van der Waals surface area (Å²) in [5.74, 6) is 0.396. The van der Waals surface area contributed by atoms with Gasteiger partial charge in [0.15, 0.2) is 0 Å². The van der Waals surface area contributed by atoms with E-state index in [1.54, 1.807) is 0 Å². The second-order valence-electron chi connectivity index (χ2n) is 5.37. The van der Waals surface area contributed by atoms with E-state index in [0.717, 1.165) is 21.5 Å². The molecule has 0 amide bonds. The predicted molar refractivity (Wildman–Crippen MR) is 90.2 cm³/mol. The first-order valence-corrected chi connectivity index (χ1v) is 7.17. The van der Waals surface area contributed by atoms with Gasteiger partial charge < -0.3 is 10.2 Å². The predicted octanol–water partition coefficient (Wildman–Crippen LogP) is 5.07. The van der Waals surface area contributed by atoms with E-state index in [9.17, 15) is 10.2 Å². The molecule has 0 unspecified atom stereocenters. The molecule has 0 aliphatic rings. The van der Waals surface area contributed by atoms with E-state index in [2.05, 4.69) is 0 Å². The highest BCUT2D eigenvalue weighted by Gasteiger charge is 2.13. The smallest absolute Gasteiger partial charge is 0.131 e. The van der Waals surface area contributed by atoms with Crippen LogP contribution in [-0.2, 0) is 0 Å². The zero-order chi connectivity index (χ0) is 15.1. The highest BCUT2D eigenvalue weighted by molar-refractivity contribution is 6.00. The Balaban J connectivity index is 2.03. The minimum atomic E-state index is 0.198. The van der Waals surface area contributed by atoms with Gasteiger partial charge in [-0.05, 0) is 22.9 Å². The number of fused-ring (bicyclic) bond motifs is 2. The molecule has 0 aliphatic carbocycles. The first-order valence-electron chi connectivity index (χ1n) is 7.17. The molecule has 106 valence electrons. The molecule has 4 aromatic carbocycles. The Labute approximate surface area is 127 Å². The maximum absolute atomic E-state index is 10.6. The van der Waals surface area contributed by atoms with Gasteiger partial charge in [-0.1, -0.05) is 60.7 Å². The van der Waals surface area contributed by atoms with E-state index < -0.39 is 0 Å². The molecule has 0 aliphatic heterocycles. The number of hydrogen-bond acceptors (Lipinski definition) is 2. The Morgan fingerprint density at radius 1 is 0.455 bits per heavy atom. The summed E-state index contributed by atoms with van der Waals surface area (Å²) < 4.78 is 0. The number of benzene rings is 4. The van der Waals surface area contributed by atoms with Gasteiger partial charge in [0, 0.05) is 21.9 Å². The van der Waals surface area contributed by atoms with Gasteiger partial charge in [-0.2, -0.15) is 0 Å². The molecule has 0 fully saturated rings. The number of rotatable bonds is 1. The maximum atomic E-state index is 10.6. The van der Waals surface area contributed by atoms with Crippen LogP contribution in [0, 0.1) is 0 Å². The summed E-state index contributed by atoms with van der Waals surface area (Å²) in [6.07, 6.45) is 0. The fraction of sp³-hybridized carbons (Fsp3) is 0. The van der Waals surface area contributed by atoms with Crippen LogP contribution in [0.5, 0.6) is 11.5 Å². The Kier molecular flexibility index (Phi) is 2.76. The van der Waals surface area contributed by atoms with Crippen molar-refractivity contribution in [3.63, 3.8) is 0 Å². The zero-order valence-corrected chi connectivity index (χ0v) is 11.8. The van der Waals surface area contributed by atoms with Gasteiger partial charge in [-0.15, -0.1) is 0 Å². The van der Waals surface area contributed by atoms with Gasteiger partial charge in [0.1, 0.15) is 11.5 Å². The molecule has 0 atom stereocenters. The number of hydrogen-bond donors (Lipinski definition) is 2. The third-order valence-corrected chi connectivity index (χ3v) is 4.09. The van der Waals surface area contributed by atoms with Crippen LogP contribution in [0.3, 0.4) is 0 Å². The van der Waals surface area contributed by atoms with Gasteiger partial charge in [-0.3, -0.25) is 0 Å². The molecule has 0 bridgehead atoms. The minimum Gasteiger partial charge on any atom is -0.507 e. The van der Waals surface area contributed by atoms with Crippen LogP contribution in [0.25, 0.3) is 32.7 Å². The van der Waals surface area contributed by atoms with Crippen LogP contribution in [0.2, 0.25) is 0 Å². The largest absolute Gasteiger partial charge is 0.507 e. The number of phenols is 2. The normalized spacial score (nSPS) is 11.1. The highest BCUT2D eigenvalue weighted by Crippen LogP contribution is 2.42. The van der Waals surface area contributed by atoms with Crippen molar-refractivity contribution in [1.29, 1.82) is 0 Å². The fourth-order valence-corrected chi connectivity index (χ4v) is 2.94. The molecule has 0 saturated carbocycles. The van der Waals surface area contributed by atoms with E-state index in [4.69, 9.17) is 0 Å². The lowest BCUT2D eigenvalue weighted by Crippen LogP contribution is -1.84. The molecular weight excluding hydrogens is 272 g/mol. The molecule has 2 heteroatoms. The molecule has 0 radical (unpaired) electrons. The van der Waals surface area contributed by atoms with E-state index in [-0.39, 0.29) is 11.5 Å². The van der Waals surface area contributed by atoms with E-state index in [1.807, 2.05) is 72.8 Å². The molecule has 2 N–H and O–H groups in total. The molecule has 0 saturated heterocycles. The number of phenolic OH excluding ortho intramolecular Hbond substituents is 2. The minimum absolute atomic E-state index is 0.198. The summed E-state index contributed by atoms with van der Waals surface area (Å²) in [4.78, 5) is 0. The Bertz CT molecular complexity index is 920. The first-order chi connectivity index (χ1) is 10.8. The van der Waals surface area contributed by atoms with Crippen LogP contribution in [0.4, 0.5) is 0 Å². The van der Waals surface area contributed by atoms with Crippen LogP contribution < -0.4 is 0 Å². The van der Waals surface area contributed by atoms with Gasteiger partial charge in [0.05, 0.1) is 0 Å².